The van der Waals surface area contributed by atoms with Crippen LogP contribution in [0.5, 0.6) is 0 Å². The minimum atomic E-state index is 0.00751. The van der Waals surface area contributed by atoms with Gasteiger partial charge in [0.1, 0.15) is 0 Å². The predicted molar refractivity (Wildman–Crippen MR) is 63.5 cm³/mol. The Morgan fingerprint density at radius 3 is 3.00 bits per heavy atom. The summed E-state index contributed by atoms with van der Waals surface area (Å²) < 4.78 is 0. The quantitative estimate of drug-likeness (QED) is 0.553. The van der Waals surface area contributed by atoms with Crippen molar-refractivity contribution < 1.29 is 4.79 Å². The first-order chi connectivity index (χ1) is 7.29. The maximum atomic E-state index is 11.6. The molecule has 1 atom stereocenters. The van der Waals surface area contributed by atoms with Gasteiger partial charge in [0, 0.05) is 19.6 Å². The van der Waals surface area contributed by atoms with Crippen LogP contribution in [0.25, 0.3) is 0 Å². The number of hydrogen-bond donors (Lipinski definition) is 1. The van der Waals surface area contributed by atoms with Gasteiger partial charge < -0.3 is 5.32 Å². The van der Waals surface area contributed by atoms with Crippen LogP contribution >= 0.6 is 11.6 Å². The van der Waals surface area contributed by atoms with E-state index >= 15 is 0 Å². The third kappa shape index (κ3) is 4.09. The second-order valence-electron chi connectivity index (χ2n) is 4.06. The maximum absolute atomic E-state index is 11.6. The topological polar surface area (TPSA) is 32.3 Å². The standard InChI is InChI=1S/C11H21ClN2O/c1-2-3-4-6-14-7-5-13-9-10(14)11(15)8-12/h10,13H,2-9H2,1H3. The number of carbonyl (C=O) groups is 1. The number of hydrogen-bond acceptors (Lipinski definition) is 3. The molecule has 1 aliphatic heterocycles. The number of ketones is 1. The molecule has 1 rings (SSSR count). The number of nitrogens with zero attached hydrogens (tertiary/aromatic N) is 1. The molecule has 0 aromatic heterocycles. The zero-order valence-corrected chi connectivity index (χ0v) is 10.2. The smallest absolute Gasteiger partial charge is 0.165 e. The molecule has 1 heterocycles. The van der Waals surface area contributed by atoms with Gasteiger partial charge in [-0.3, -0.25) is 9.69 Å². The van der Waals surface area contributed by atoms with E-state index in [1.165, 1.54) is 19.3 Å². The summed E-state index contributed by atoms with van der Waals surface area (Å²) in [4.78, 5) is 13.9. The largest absolute Gasteiger partial charge is 0.313 e. The van der Waals surface area contributed by atoms with E-state index in [0.29, 0.717) is 0 Å². The molecule has 0 amide bonds. The summed E-state index contributed by atoms with van der Waals surface area (Å²) >= 11 is 5.61. The molecule has 1 saturated heterocycles. The molecule has 88 valence electrons. The van der Waals surface area contributed by atoms with Crippen molar-refractivity contribution in [3.63, 3.8) is 0 Å². The minimum Gasteiger partial charge on any atom is -0.313 e. The lowest BCUT2D eigenvalue weighted by molar-refractivity contribution is -0.122. The number of rotatable bonds is 6. The molecule has 1 N–H and O–H groups in total. The Kier molecular flexibility index (Phi) is 6.22. The SMILES string of the molecule is CCCCCN1CCNCC1C(=O)CCl. The first-order valence-electron chi connectivity index (χ1n) is 5.83. The van der Waals surface area contributed by atoms with Gasteiger partial charge in [0.25, 0.3) is 0 Å². The highest BCUT2D eigenvalue weighted by atomic mass is 35.5. The molecule has 15 heavy (non-hydrogen) atoms. The second kappa shape index (κ2) is 7.20. The molecule has 0 aliphatic carbocycles. The Balaban J connectivity index is 2.39. The average Bonchev–Trinajstić information content (AvgIpc) is 2.29. The normalized spacial score (nSPS) is 22.9. The lowest BCUT2D eigenvalue weighted by Crippen LogP contribution is -2.55. The fraction of sp³-hybridized carbons (Fsp3) is 0.909. The van der Waals surface area contributed by atoms with Gasteiger partial charge in [0.15, 0.2) is 5.78 Å². The van der Waals surface area contributed by atoms with Gasteiger partial charge in [-0.1, -0.05) is 19.8 Å². The molecule has 0 aromatic rings. The summed E-state index contributed by atoms with van der Waals surface area (Å²) in [6.07, 6.45) is 3.65. The molecule has 0 saturated carbocycles. The Bertz CT molecular complexity index is 199. The van der Waals surface area contributed by atoms with E-state index in [0.717, 1.165) is 26.2 Å². The zero-order chi connectivity index (χ0) is 11.1. The van der Waals surface area contributed by atoms with Crippen LogP contribution < -0.4 is 5.32 Å². The van der Waals surface area contributed by atoms with Crippen molar-refractivity contribution in [2.45, 2.75) is 32.2 Å². The van der Waals surface area contributed by atoms with Crippen molar-refractivity contribution >= 4 is 17.4 Å². The van der Waals surface area contributed by atoms with Crippen molar-refractivity contribution in [3.05, 3.63) is 0 Å². The number of piperazine rings is 1. The molecule has 1 fully saturated rings. The third-order valence-corrected chi connectivity index (χ3v) is 3.17. The van der Waals surface area contributed by atoms with Gasteiger partial charge in [-0.2, -0.15) is 0 Å². The van der Waals surface area contributed by atoms with Crippen LogP contribution in [0.2, 0.25) is 0 Å². The van der Waals surface area contributed by atoms with Crippen molar-refractivity contribution in [3.8, 4) is 0 Å². The number of alkyl halides is 1. The summed E-state index contributed by atoms with van der Waals surface area (Å²) in [7, 11) is 0. The molecule has 1 unspecified atom stereocenters. The van der Waals surface area contributed by atoms with E-state index in [1.54, 1.807) is 0 Å². The van der Waals surface area contributed by atoms with E-state index in [-0.39, 0.29) is 17.7 Å². The Hall–Kier alpha value is -0.120. The van der Waals surface area contributed by atoms with Crippen LogP contribution in [0, 0.1) is 0 Å². The molecule has 0 bridgehead atoms. The first-order valence-corrected chi connectivity index (χ1v) is 6.36. The van der Waals surface area contributed by atoms with Gasteiger partial charge in [-0.25, -0.2) is 0 Å². The van der Waals surface area contributed by atoms with Crippen LogP contribution in [-0.2, 0) is 4.79 Å². The van der Waals surface area contributed by atoms with Crippen LogP contribution in [0.3, 0.4) is 0 Å². The first kappa shape index (κ1) is 12.9. The number of carbonyl (C=O) groups excluding carboxylic acids is 1. The zero-order valence-electron chi connectivity index (χ0n) is 9.47. The van der Waals surface area contributed by atoms with Crippen molar-refractivity contribution in [1.29, 1.82) is 0 Å². The highest BCUT2D eigenvalue weighted by Crippen LogP contribution is 2.08. The summed E-state index contributed by atoms with van der Waals surface area (Å²) in [6, 6.07) is 0.00751. The summed E-state index contributed by atoms with van der Waals surface area (Å²) in [5.74, 6) is 0.289. The van der Waals surface area contributed by atoms with Crippen LogP contribution in [0.4, 0.5) is 0 Å². The predicted octanol–water partition coefficient (Wildman–Crippen LogP) is 1.26. The van der Waals surface area contributed by atoms with E-state index in [4.69, 9.17) is 11.6 Å². The van der Waals surface area contributed by atoms with E-state index in [1.807, 2.05) is 0 Å². The monoisotopic (exact) mass is 232 g/mol. The summed E-state index contributed by atoms with van der Waals surface area (Å²) in [5.41, 5.74) is 0. The second-order valence-corrected chi connectivity index (χ2v) is 4.33. The van der Waals surface area contributed by atoms with Crippen molar-refractivity contribution in [2.24, 2.45) is 0 Å². The molecular weight excluding hydrogens is 212 g/mol. The minimum absolute atomic E-state index is 0.00751. The number of nitrogens with one attached hydrogen (secondary N) is 1. The number of Topliss-reactive ketones (excluding diaryl/α,β-unsaturated/α-hetero) is 1. The fourth-order valence-corrected chi connectivity index (χ4v) is 2.16. The number of unbranched alkanes of at least 4 members (excludes halogenated alkanes) is 2. The van der Waals surface area contributed by atoms with E-state index in [9.17, 15) is 4.79 Å². The Morgan fingerprint density at radius 2 is 2.33 bits per heavy atom. The Morgan fingerprint density at radius 1 is 1.53 bits per heavy atom. The number of halogens is 1. The van der Waals surface area contributed by atoms with Gasteiger partial charge >= 0.3 is 0 Å². The van der Waals surface area contributed by atoms with Gasteiger partial charge in [0.2, 0.25) is 0 Å². The lowest BCUT2D eigenvalue weighted by Gasteiger charge is -2.34. The molecule has 0 aromatic carbocycles. The van der Waals surface area contributed by atoms with Crippen molar-refractivity contribution in [1.82, 2.24) is 10.2 Å². The summed E-state index contributed by atoms with van der Waals surface area (Å²) in [5, 5.41) is 3.25. The van der Waals surface area contributed by atoms with Crippen LogP contribution in [0.1, 0.15) is 26.2 Å². The van der Waals surface area contributed by atoms with Gasteiger partial charge in [0.05, 0.1) is 11.9 Å². The maximum Gasteiger partial charge on any atom is 0.165 e. The van der Waals surface area contributed by atoms with Gasteiger partial charge in [-0.15, -0.1) is 11.6 Å². The van der Waals surface area contributed by atoms with Crippen molar-refractivity contribution in [2.75, 3.05) is 32.1 Å². The van der Waals surface area contributed by atoms with E-state index in [2.05, 4.69) is 17.1 Å². The molecule has 1 aliphatic rings. The molecule has 0 spiro atoms. The Labute approximate surface area is 97.2 Å². The highest BCUT2D eigenvalue weighted by Gasteiger charge is 2.26. The molecule has 4 heteroatoms. The van der Waals surface area contributed by atoms with E-state index < -0.39 is 0 Å². The highest BCUT2D eigenvalue weighted by molar-refractivity contribution is 6.28. The third-order valence-electron chi connectivity index (χ3n) is 2.91. The summed E-state index contributed by atoms with van der Waals surface area (Å²) in [6.45, 7) is 5.94. The molecule has 0 radical (unpaired) electrons. The molecule has 3 nitrogen and oxygen atoms in total. The van der Waals surface area contributed by atoms with Crippen LogP contribution in [0.15, 0.2) is 0 Å². The lowest BCUT2D eigenvalue weighted by atomic mass is 10.1. The van der Waals surface area contributed by atoms with Crippen LogP contribution in [-0.4, -0.2) is 48.8 Å². The van der Waals surface area contributed by atoms with Gasteiger partial charge in [-0.05, 0) is 13.0 Å². The molecular formula is C11H21ClN2O. The fourth-order valence-electron chi connectivity index (χ4n) is 1.99. The average molecular weight is 233 g/mol.